The van der Waals surface area contributed by atoms with Crippen LogP contribution in [0.3, 0.4) is 0 Å². The zero-order valence-corrected chi connectivity index (χ0v) is 12.1. The predicted molar refractivity (Wildman–Crippen MR) is 81.3 cm³/mol. The van der Waals surface area contributed by atoms with Gasteiger partial charge in [0.2, 0.25) is 0 Å². The van der Waals surface area contributed by atoms with E-state index in [1.807, 2.05) is 43.3 Å². The molecule has 0 saturated carbocycles. The maximum atomic E-state index is 12.7. The number of fused-ring (bicyclic) bond motifs is 1. The summed E-state index contributed by atoms with van der Waals surface area (Å²) in [5.74, 6) is 1.05. The summed E-state index contributed by atoms with van der Waals surface area (Å²) in [4.78, 5) is 14.3. The summed E-state index contributed by atoms with van der Waals surface area (Å²) in [6, 6.07) is 13.2. The van der Waals surface area contributed by atoms with Gasteiger partial charge in [0, 0.05) is 12.7 Å². The van der Waals surface area contributed by atoms with Crippen molar-refractivity contribution < 1.29 is 14.3 Å². The van der Waals surface area contributed by atoms with E-state index in [0.29, 0.717) is 30.3 Å². The summed E-state index contributed by atoms with van der Waals surface area (Å²) in [6.07, 6.45) is 0. The zero-order valence-electron chi connectivity index (χ0n) is 12.1. The Bertz CT molecular complexity index is 664. The highest BCUT2D eigenvalue weighted by atomic mass is 16.6. The van der Waals surface area contributed by atoms with Gasteiger partial charge in [0.1, 0.15) is 13.2 Å². The number of amides is 1. The van der Waals surface area contributed by atoms with Crippen molar-refractivity contribution in [1.29, 1.82) is 0 Å². The van der Waals surface area contributed by atoms with Gasteiger partial charge in [-0.2, -0.15) is 0 Å². The van der Waals surface area contributed by atoms with Gasteiger partial charge >= 0.3 is 0 Å². The number of anilines is 1. The van der Waals surface area contributed by atoms with Crippen LogP contribution in [0.5, 0.6) is 11.5 Å². The standard InChI is InChI=1S/C17H17NO3/c1-12-6-8-13(9-7-12)18(2)17(19)14-4-3-5-15-16(14)21-11-10-20-15/h3-9H,10-11H2,1-2H3. The van der Waals surface area contributed by atoms with Crippen LogP contribution in [0.2, 0.25) is 0 Å². The highest BCUT2D eigenvalue weighted by Gasteiger charge is 2.23. The van der Waals surface area contributed by atoms with Gasteiger partial charge in [-0.05, 0) is 31.2 Å². The Balaban J connectivity index is 1.93. The highest BCUT2D eigenvalue weighted by Crippen LogP contribution is 2.34. The largest absolute Gasteiger partial charge is 0.486 e. The number of aryl methyl sites for hydroxylation is 1. The number of rotatable bonds is 2. The summed E-state index contributed by atoms with van der Waals surface area (Å²) < 4.78 is 11.1. The van der Waals surface area contributed by atoms with Crippen LogP contribution >= 0.6 is 0 Å². The molecule has 2 aromatic rings. The maximum absolute atomic E-state index is 12.7. The first-order chi connectivity index (χ1) is 10.2. The summed E-state index contributed by atoms with van der Waals surface area (Å²) in [5.41, 5.74) is 2.53. The van der Waals surface area contributed by atoms with Crippen LogP contribution in [0.25, 0.3) is 0 Å². The zero-order chi connectivity index (χ0) is 14.8. The first-order valence-electron chi connectivity index (χ1n) is 6.90. The fraction of sp³-hybridized carbons (Fsp3) is 0.235. The number of nitrogens with zero attached hydrogens (tertiary/aromatic N) is 1. The van der Waals surface area contributed by atoms with Gasteiger partial charge in [-0.3, -0.25) is 4.79 Å². The molecule has 1 aliphatic rings. The van der Waals surface area contributed by atoms with E-state index in [0.717, 1.165) is 11.3 Å². The summed E-state index contributed by atoms with van der Waals surface area (Å²) in [5, 5.41) is 0. The van der Waals surface area contributed by atoms with E-state index in [4.69, 9.17) is 9.47 Å². The smallest absolute Gasteiger partial charge is 0.261 e. The van der Waals surface area contributed by atoms with Crippen LogP contribution in [0, 0.1) is 6.92 Å². The van der Waals surface area contributed by atoms with Gasteiger partial charge in [-0.15, -0.1) is 0 Å². The molecular weight excluding hydrogens is 266 g/mol. The molecule has 4 heteroatoms. The lowest BCUT2D eigenvalue weighted by Crippen LogP contribution is -2.28. The molecular formula is C17H17NO3. The lowest BCUT2D eigenvalue weighted by atomic mass is 10.1. The van der Waals surface area contributed by atoms with Crippen LogP contribution in [0.4, 0.5) is 5.69 Å². The number of carbonyl (C=O) groups excluding carboxylic acids is 1. The third-order valence-electron chi connectivity index (χ3n) is 3.52. The van der Waals surface area contributed by atoms with Crippen molar-refractivity contribution >= 4 is 11.6 Å². The number of benzene rings is 2. The average molecular weight is 283 g/mol. The minimum Gasteiger partial charge on any atom is -0.486 e. The lowest BCUT2D eigenvalue weighted by Gasteiger charge is -2.23. The van der Waals surface area contributed by atoms with Crippen molar-refractivity contribution in [2.75, 3.05) is 25.2 Å². The Kier molecular flexibility index (Phi) is 3.52. The third-order valence-corrected chi connectivity index (χ3v) is 3.52. The Hall–Kier alpha value is -2.49. The van der Waals surface area contributed by atoms with E-state index < -0.39 is 0 Å². The molecule has 108 valence electrons. The molecule has 0 saturated heterocycles. The maximum Gasteiger partial charge on any atom is 0.261 e. The molecule has 0 aliphatic carbocycles. The molecule has 1 aliphatic heterocycles. The fourth-order valence-electron chi connectivity index (χ4n) is 2.31. The number of ether oxygens (including phenoxy) is 2. The van der Waals surface area contributed by atoms with Crippen molar-refractivity contribution in [3.8, 4) is 11.5 Å². The average Bonchev–Trinajstić information content (AvgIpc) is 2.53. The molecule has 4 nitrogen and oxygen atoms in total. The van der Waals surface area contributed by atoms with Crippen LogP contribution < -0.4 is 14.4 Å². The Labute approximate surface area is 123 Å². The molecule has 0 atom stereocenters. The summed E-state index contributed by atoms with van der Waals surface area (Å²) in [6.45, 7) is 2.99. The van der Waals surface area contributed by atoms with Crippen LogP contribution in [-0.4, -0.2) is 26.2 Å². The van der Waals surface area contributed by atoms with E-state index in [-0.39, 0.29) is 5.91 Å². The second-order valence-electron chi connectivity index (χ2n) is 5.03. The van der Waals surface area contributed by atoms with Gasteiger partial charge in [0.25, 0.3) is 5.91 Å². The van der Waals surface area contributed by atoms with Crippen LogP contribution in [0.15, 0.2) is 42.5 Å². The van der Waals surface area contributed by atoms with Crippen LogP contribution in [0.1, 0.15) is 15.9 Å². The predicted octanol–water partition coefficient (Wildman–Crippen LogP) is 3.04. The van der Waals surface area contributed by atoms with E-state index in [1.54, 1.807) is 18.0 Å². The molecule has 0 radical (unpaired) electrons. The van der Waals surface area contributed by atoms with E-state index in [2.05, 4.69) is 0 Å². The fourth-order valence-corrected chi connectivity index (χ4v) is 2.31. The van der Waals surface area contributed by atoms with Gasteiger partial charge in [-0.1, -0.05) is 23.8 Å². The third kappa shape index (κ3) is 2.57. The first kappa shape index (κ1) is 13.5. The Morgan fingerprint density at radius 3 is 2.52 bits per heavy atom. The van der Waals surface area contributed by atoms with Gasteiger partial charge in [-0.25, -0.2) is 0 Å². The second kappa shape index (κ2) is 5.48. The highest BCUT2D eigenvalue weighted by molar-refractivity contribution is 6.08. The Morgan fingerprint density at radius 2 is 1.76 bits per heavy atom. The van der Waals surface area contributed by atoms with Gasteiger partial charge in [0.15, 0.2) is 11.5 Å². The summed E-state index contributed by atoms with van der Waals surface area (Å²) in [7, 11) is 1.76. The number of hydrogen-bond acceptors (Lipinski definition) is 3. The normalized spacial score (nSPS) is 12.9. The van der Waals surface area contributed by atoms with Crippen molar-refractivity contribution in [2.24, 2.45) is 0 Å². The molecule has 1 heterocycles. The monoisotopic (exact) mass is 283 g/mol. The van der Waals surface area contributed by atoms with E-state index in [9.17, 15) is 4.79 Å². The molecule has 3 rings (SSSR count). The molecule has 0 fully saturated rings. The minimum absolute atomic E-state index is 0.110. The molecule has 0 unspecified atom stereocenters. The molecule has 0 spiro atoms. The minimum atomic E-state index is -0.110. The number of carbonyl (C=O) groups is 1. The molecule has 1 amide bonds. The van der Waals surface area contributed by atoms with Gasteiger partial charge < -0.3 is 14.4 Å². The molecule has 0 N–H and O–H groups in total. The van der Waals surface area contributed by atoms with Crippen molar-refractivity contribution in [2.45, 2.75) is 6.92 Å². The SMILES string of the molecule is Cc1ccc(N(C)C(=O)c2cccc3c2OCCO3)cc1. The summed E-state index contributed by atoms with van der Waals surface area (Å²) >= 11 is 0. The second-order valence-corrected chi connectivity index (χ2v) is 5.03. The molecule has 0 bridgehead atoms. The molecule has 2 aromatic carbocycles. The lowest BCUT2D eigenvalue weighted by molar-refractivity contribution is 0.0982. The van der Waals surface area contributed by atoms with E-state index >= 15 is 0 Å². The van der Waals surface area contributed by atoms with Crippen molar-refractivity contribution in [3.05, 3.63) is 53.6 Å². The molecule has 0 aromatic heterocycles. The topological polar surface area (TPSA) is 38.8 Å². The van der Waals surface area contributed by atoms with Gasteiger partial charge in [0.05, 0.1) is 5.56 Å². The number of para-hydroxylation sites is 1. The number of hydrogen-bond donors (Lipinski definition) is 0. The van der Waals surface area contributed by atoms with Crippen molar-refractivity contribution in [3.63, 3.8) is 0 Å². The Morgan fingerprint density at radius 1 is 1.05 bits per heavy atom. The molecule has 21 heavy (non-hydrogen) atoms. The van der Waals surface area contributed by atoms with E-state index in [1.165, 1.54) is 0 Å². The first-order valence-corrected chi connectivity index (χ1v) is 6.90. The van der Waals surface area contributed by atoms with Crippen LogP contribution in [-0.2, 0) is 0 Å². The van der Waals surface area contributed by atoms with Crippen molar-refractivity contribution in [1.82, 2.24) is 0 Å². The quantitative estimate of drug-likeness (QED) is 0.850.